The first-order valence-electron chi connectivity index (χ1n) is 10.1. The molecule has 1 N–H and O–H groups in total. The van der Waals surface area contributed by atoms with Crippen molar-refractivity contribution < 1.29 is 4.79 Å². The van der Waals surface area contributed by atoms with E-state index in [1.54, 1.807) is 12.1 Å². The third-order valence-corrected chi connectivity index (χ3v) is 5.39. The fraction of sp³-hybridized carbons (Fsp3) is 0.348. The van der Waals surface area contributed by atoms with Crippen LogP contribution in [0.25, 0.3) is 10.8 Å². The van der Waals surface area contributed by atoms with Crippen molar-refractivity contribution in [1.82, 2.24) is 20.0 Å². The Balaban J connectivity index is 1.52. The molecule has 0 saturated carbocycles. The Morgan fingerprint density at radius 3 is 2.52 bits per heavy atom. The van der Waals surface area contributed by atoms with Crippen LogP contribution in [0.4, 0.5) is 0 Å². The third-order valence-electron chi connectivity index (χ3n) is 5.39. The van der Waals surface area contributed by atoms with Crippen LogP contribution >= 0.6 is 0 Å². The lowest BCUT2D eigenvalue weighted by Crippen LogP contribution is -2.39. The minimum Gasteiger partial charge on any atom is -0.347 e. The van der Waals surface area contributed by atoms with Gasteiger partial charge in [0.05, 0.1) is 11.4 Å². The molecule has 0 bridgehead atoms. The summed E-state index contributed by atoms with van der Waals surface area (Å²) in [6.07, 6.45) is 0.903. The van der Waals surface area contributed by atoms with Gasteiger partial charge in [0, 0.05) is 31.1 Å². The molecule has 150 valence electrons. The van der Waals surface area contributed by atoms with Crippen LogP contribution in [0.15, 0.2) is 59.4 Å². The Morgan fingerprint density at radius 2 is 1.79 bits per heavy atom. The maximum atomic E-state index is 13.1. The van der Waals surface area contributed by atoms with Crippen LogP contribution in [0.2, 0.25) is 0 Å². The molecule has 1 aromatic heterocycles. The van der Waals surface area contributed by atoms with Crippen molar-refractivity contribution in [2.24, 2.45) is 0 Å². The molecule has 1 amide bonds. The molecule has 1 aliphatic rings. The fourth-order valence-corrected chi connectivity index (χ4v) is 3.91. The molecule has 1 atom stereocenters. The average molecular weight is 390 g/mol. The largest absolute Gasteiger partial charge is 0.347 e. The highest BCUT2D eigenvalue weighted by Gasteiger charge is 2.26. The maximum absolute atomic E-state index is 13.1. The van der Waals surface area contributed by atoms with Gasteiger partial charge >= 0.3 is 0 Å². The van der Waals surface area contributed by atoms with E-state index >= 15 is 0 Å². The van der Waals surface area contributed by atoms with Gasteiger partial charge in [0.1, 0.15) is 0 Å². The first-order chi connectivity index (χ1) is 14.0. The number of aromatic nitrogens is 2. The van der Waals surface area contributed by atoms with Crippen molar-refractivity contribution in [3.8, 4) is 0 Å². The summed E-state index contributed by atoms with van der Waals surface area (Å²) in [6.45, 7) is 6.42. The topological polar surface area (TPSA) is 67.2 Å². The van der Waals surface area contributed by atoms with Gasteiger partial charge in [0.15, 0.2) is 5.69 Å². The molecule has 29 heavy (non-hydrogen) atoms. The van der Waals surface area contributed by atoms with Gasteiger partial charge in [-0.1, -0.05) is 48.5 Å². The molecule has 2 heterocycles. The number of amides is 1. The van der Waals surface area contributed by atoms with Crippen molar-refractivity contribution in [1.29, 1.82) is 0 Å². The van der Waals surface area contributed by atoms with Crippen LogP contribution in [0.3, 0.4) is 0 Å². The van der Waals surface area contributed by atoms with Gasteiger partial charge in [0.25, 0.3) is 11.5 Å². The summed E-state index contributed by atoms with van der Waals surface area (Å²) in [5.74, 6) is -0.220. The van der Waals surface area contributed by atoms with Gasteiger partial charge < -0.3 is 5.32 Å². The number of carbonyl (C=O) groups excluding carboxylic acids is 1. The van der Waals surface area contributed by atoms with Gasteiger partial charge in [-0.15, -0.1) is 0 Å². The zero-order chi connectivity index (χ0) is 20.4. The molecule has 0 unspecified atom stereocenters. The first kappa shape index (κ1) is 19.3. The van der Waals surface area contributed by atoms with Crippen molar-refractivity contribution in [3.63, 3.8) is 0 Å². The summed E-state index contributed by atoms with van der Waals surface area (Å²) in [5.41, 5.74) is 1.42. The molecular formula is C23H26N4O2. The molecule has 6 nitrogen and oxygen atoms in total. The summed E-state index contributed by atoms with van der Waals surface area (Å²) < 4.78 is 1.40. The fourth-order valence-electron chi connectivity index (χ4n) is 3.91. The molecule has 1 aliphatic heterocycles. The van der Waals surface area contributed by atoms with E-state index in [-0.39, 0.29) is 23.6 Å². The molecule has 0 radical (unpaired) electrons. The van der Waals surface area contributed by atoms with Crippen molar-refractivity contribution in [3.05, 3.63) is 76.2 Å². The Hall–Kier alpha value is -2.99. The smallest absolute Gasteiger partial charge is 0.274 e. The Labute approximate surface area is 170 Å². The molecule has 0 spiro atoms. The van der Waals surface area contributed by atoms with Gasteiger partial charge in [-0.25, -0.2) is 4.68 Å². The summed E-state index contributed by atoms with van der Waals surface area (Å²) in [7, 11) is 0. The number of benzene rings is 2. The number of nitrogens with zero attached hydrogens (tertiary/aromatic N) is 3. The summed E-state index contributed by atoms with van der Waals surface area (Å²) in [4.78, 5) is 28.1. The first-order valence-corrected chi connectivity index (χ1v) is 10.1. The number of fused-ring (bicyclic) bond motifs is 1. The number of likely N-dealkylation sites (tertiary alicyclic amines) is 1. The predicted octanol–water partition coefficient (Wildman–Crippen LogP) is 2.98. The summed E-state index contributed by atoms with van der Waals surface area (Å²) >= 11 is 0. The van der Waals surface area contributed by atoms with Crippen LogP contribution < -0.4 is 10.9 Å². The van der Waals surface area contributed by atoms with Crippen LogP contribution in [-0.4, -0.2) is 39.7 Å². The second kappa shape index (κ2) is 8.17. The van der Waals surface area contributed by atoms with Crippen LogP contribution in [0.1, 0.15) is 42.4 Å². The molecule has 2 aromatic carbocycles. The predicted molar refractivity (Wildman–Crippen MR) is 114 cm³/mol. The highest BCUT2D eigenvalue weighted by Crippen LogP contribution is 2.17. The summed E-state index contributed by atoms with van der Waals surface area (Å²) in [6, 6.07) is 17.5. The van der Waals surface area contributed by atoms with E-state index in [9.17, 15) is 9.59 Å². The lowest BCUT2D eigenvalue weighted by atomic mass is 10.1. The average Bonchev–Trinajstić information content (AvgIpc) is 3.15. The maximum Gasteiger partial charge on any atom is 0.274 e. The lowest BCUT2D eigenvalue weighted by molar-refractivity contribution is 0.0931. The van der Waals surface area contributed by atoms with E-state index in [0.29, 0.717) is 16.5 Å². The van der Waals surface area contributed by atoms with E-state index in [1.807, 2.05) is 44.2 Å². The third kappa shape index (κ3) is 4.07. The van der Waals surface area contributed by atoms with Crippen LogP contribution in [0, 0.1) is 0 Å². The number of hydrogen-bond donors (Lipinski definition) is 1. The lowest BCUT2D eigenvalue weighted by Gasteiger charge is -2.18. The molecule has 0 aliphatic carbocycles. The van der Waals surface area contributed by atoms with E-state index in [0.717, 1.165) is 26.1 Å². The van der Waals surface area contributed by atoms with Gasteiger partial charge in [0.2, 0.25) is 0 Å². The van der Waals surface area contributed by atoms with E-state index < -0.39 is 0 Å². The van der Waals surface area contributed by atoms with E-state index in [1.165, 1.54) is 10.2 Å². The minimum atomic E-state index is -0.220. The van der Waals surface area contributed by atoms with Crippen LogP contribution in [0.5, 0.6) is 0 Å². The number of carbonyl (C=O) groups is 1. The molecular weight excluding hydrogens is 364 g/mol. The van der Waals surface area contributed by atoms with Gasteiger partial charge in [-0.2, -0.15) is 5.10 Å². The van der Waals surface area contributed by atoms with E-state index in [2.05, 4.69) is 27.4 Å². The second-order valence-electron chi connectivity index (χ2n) is 7.92. The highest BCUT2D eigenvalue weighted by molar-refractivity contribution is 6.04. The van der Waals surface area contributed by atoms with Crippen LogP contribution in [-0.2, 0) is 6.54 Å². The SMILES string of the molecule is CC(C)n1nc(C(=O)N[C@H]2CCN(Cc3ccccc3)C2)c2ccccc2c1=O. The number of rotatable bonds is 5. The standard InChI is InChI=1S/C23H26N4O2/c1-16(2)27-23(29)20-11-7-6-10-19(20)21(25-27)22(28)24-18-12-13-26(15-18)14-17-8-4-3-5-9-17/h3-11,16,18H,12-15H2,1-2H3,(H,24,28)/t18-/m0/s1. The Morgan fingerprint density at radius 1 is 1.10 bits per heavy atom. The van der Waals surface area contributed by atoms with Crippen molar-refractivity contribution in [2.75, 3.05) is 13.1 Å². The molecule has 4 rings (SSSR count). The van der Waals surface area contributed by atoms with Crippen molar-refractivity contribution >= 4 is 16.7 Å². The zero-order valence-electron chi connectivity index (χ0n) is 16.8. The minimum absolute atomic E-state index is 0.0752. The quantitative estimate of drug-likeness (QED) is 0.727. The van der Waals surface area contributed by atoms with Gasteiger partial charge in [-0.05, 0) is 31.9 Å². The summed E-state index contributed by atoms with van der Waals surface area (Å²) in [5, 5.41) is 8.67. The Kier molecular flexibility index (Phi) is 5.45. The molecule has 1 saturated heterocycles. The zero-order valence-corrected chi connectivity index (χ0v) is 16.8. The van der Waals surface area contributed by atoms with E-state index in [4.69, 9.17) is 0 Å². The number of hydrogen-bond acceptors (Lipinski definition) is 4. The molecule has 3 aromatic rings. The second-order valence-corrected chi connectivity index (χ2v) is 7.92. The Bertz CT molecular complexity index is 1080. The number of nitrogens with one attached hydrogen (secondary N) is 1. The highest BCUT2D eigenvalue weighted by atomic mass is 16.2. The monoisotopic (exact) mass is 390 g/mol. The molecule has 1 fully saturated rings. The van der Waals surface area contributed by atoms with Crippen molar-refractivity contribution in [2.45, 2.75) is 38.9 Å². The van der Waals surface area contributed by atoms with Gasteiger partial charge in [-0.3, -0.25) is 14.5 Å². The molecule has 6 heteroatoms. The normalized spacial score (nSPS) is 17.1.